The van der Waals surface area contributed by atoms with Gasteiger partial charge in [-0.1, -0.05) is 152 Å². The molecule has 17 aromatic carbocycles. The van der Waals surface area contributed by atoms with Gasteiger partial charge in [0.2, 0.25) is 0 Å². The third kappa shape index (κ3) is 8.71. The zero-order valence-electron chi connectivity index (χ0n) is 56.4. The van der Waals surface area contributed by atoms with Crippen LogP contribution in [0.15, 0.2) is 146 Å². The Morgan fingerprint density at radius 3 is 0.333 bits per heavy atom. The molecule has 0 saturated carbocycles. The highest BCUT2D eigenvalue weighted by molar-refractivity contribution is 6.42. The van der Waals surface area contributed by atoms with Crippen LogP contribution in [-0.4, -0.2) is 52.9 Å². The summed E-state index contributed by atoms with van der Waals surface area (Å²) < 4.78 is 55.7. The van der Waals surface area contributed by atoms with Gasteiger partial charge < -0.3 is 37.9 Å². The first-order valence-corrected chi connectivity index (χ1v) is 35.5. The average Bonchev–Trinajstić information content (AvgIpc) is 0.706. The minimum atomic E-state index is 0.557. The van der Waals surface area contributed by atoms with Crippen molar-refractivity contribution in [1.82, 2.24) is 0 Å². The van der Waals surface area contributed by atoms with Crippen molar-refractivity contribution in [2.24, 2.45) is 0 Å². The zero-order chi connectivity index (χ0) is 65.0. The van der Waals surface area contributed by atoms with Crippen molar-refractivity contribution in [3.63, 3.8) is 0 Å². The topological polar surface area (TPSA) is 73.8 Å². The maximum atomic E-state index is 6.96. The zero-order valence-corrected chi connectivity index (χ0v) is 56.4. The Labute approximate surface area is 558 Å². The number of rotatable bonds is 24. The first-order valence-electron chi connectivity index (χ1n) is 35.5. The van der Waals surface area contributed by atoms with Crippen LogP contribution in [0.2, 0.25) is 0 Å². The molecule has 17 aromatic rings. The van der Waals surface area contributed by atoms with Crippen molar-refractivity contribution >= 4 is 172 Å². The number of ether oxygens (including phenoxy) is 8. The van der Waals surface area contributed by atoms with E-state index in [1.54, 1.807) is 0 Å². The molecule has 0 N–H and O–H groups in total. The maximum Gasteiger partial charge on any atom is 0.169 e. The van der Waals surface area contributed by atoms with Crippen LogP contribution < -0.4 is 37.9 Å². The predicted octanol–water partition coefficient (Wildman–Crippen LogP) is 24.8. The lowest BCUT2D eigenvalue weighted by atomic mass is 9.85. The van der Waals surface area contributed by atoms with Crippen molar-refractivity contribution in [2.75, 3.05) is 52.9 Å². The van der Waals surface area contributed by atoms with Gasteiger partial charge in [0, 0.05) is 86.2 Å². The highest BCUT2D eigenvalue weighted by Crippen LogP contribution is 2.57. The molecule has 8 nitrogen and oxygen atoms in total. The fourth-order valence-corrected chi connectivity index (χ4v) is 16.3. The Bertz CT molecular complexity index is 4870. The van der Waals surface area contributed by atoms with E-state index in [1.165, 1.54) is 0 Å². The molecule has 0 unspecified atom stereocenters. The Kier molecular flexibility index (Phi) is 15.0. The van der Waals surface area contributed by atoms with Crippen LogP contribution in [0.25, 0.3) is 172 Å². The van der Waals surface area contributed by atoms with E-state index in [1.807, 2.05) is 0 Å². The molecule has 0 aromatic heterocycles. The van der Waals surface area contributed by atoms with Gasteiger partial charge in [-0.3, -0.25) is 0 Å². The SMILES string of the molecule is CCCOc1c(OCCC)c2ccc3c4ccc5c(OCCC)c(OCCC)c6ccc(c7ccc8c(OCCC)c(OCCC)c9ccc(c%10ccc%11c(OCCC)c(OCCC)c%12ccc(c%13ccc1c1c%13ccc3c21)c1ccc%10c%11c%121)c1ccc7c8c91)c1ccc4c5c61. The average molecular weight is 1270 g/mol. The van der Waals surface area contributed by atoms with E-state index in [-0.39, 0.29) is 0 Å². The predicted molar refractivity (Wildman–Crippen MR) is 406 cm³/mol. The van der Waals surface area contributed by atoms with E-state index in [0.29, 0.717) is 52.9 Å². The molecular formula is C88H80O8. The van der Waals surface area contributed by atoms with Gasteiger partial charge in [-0.05, 0) is 186 Å². The largest absolute Gasteiger partial charge is 0.489 e. The third-order valence-corrected chi connectivity index (χ3v) is 20.2. The number of fused-ring (bicyclic) bond motifs is 4. The van der Waals surface area contributed by atoms with Gasteiger partial charge in [0.1, 0.15) is 0 Å². The molecule has 8 heteroatoms. The molecule has 0 radical (unpaired) electrons. The minimum Gasteiger partial charge on any atom is -0.489 e. The Balaban J connectivity index is 1.14. The van der Waals surface area contributed by atoms with Crippen LogP contribution in [0, 0.1) is 0 Å². The molecular weight excluding hydrogens is 1180 g/mol. The van der Waals surface area contributed by atoms with Crippen LogP contribution in [-0.2, 0) is 0 Å². The Morgan fingerprint density at radius 2 is 0.229 bits per heavy atom. The van der Waals surface area contributed by atoms with Crippen LogP contribution in [0.3, 0.4) is 0 Å². The van der Waals surface area contributed by atoms with Gasteiger partial charge in [-0.25, -0.2) is 0 Å². The molecule has 24 bridgehead atoms. The normalized spacial score (nSPS) is 12.4. The first-order chi connectivity index (χ1) is 47.4. The highest BCUT2D eigenvalue weighted by atomic mass is 16.5. The summed E-state index contributed by atoms with van der Waals surface area (Å²) in [7, 11) is 0. The molecule has 0 saturated heterocycles. The third-order valence-electron chi connectivity index (χ3n) is 20.2. The van der Waals surface area contributed by atoms with Gasteiger partial charge >= 0.3 is 0 Å². The molecule has 96 heavy (non-hydrogen) atoms. The van der Waals surface area contributed by atoms with Gasteiger partial charge in [0.15, 0.2) is 46.0 Å². The summed E-state index contributed by atoms with van der Waals surface area (Å²) in [5.41, 5.74) is 0. The van der Waals surface area contributed by atoms with Gasteiger partial charge in [0.05, 0.1) is 52.9 Å². The van der Waals surface area contributed by atoms with Crippen molar-refractivity contribution in [1.29, 1.82) is 0 Å². The Morgan fingerprint density at radius 1 is 0.135 bits per heavy atom. The van der Waals surface area contributed by atoms with Crippen molar-refractivity contribution in [2.45, 2.75) is 107 Å². The van der Waals surface area contributed by atoms with Crippen LogP contribution in [0.4, 0.5) is 0 Å². The van der Waals surface area contributed by atoms with Crippen LogP contribution >= 0.6 is 0 Å². The lowest BCUT2D eigenvalue weighted by Gasteiger charge is -2.23. The summed E-state index contributed by atoms with van der Waals surface area (Å²) >= 11 is 0. The van der Waals surface area contributed by atoms with Crippen LogP contribution in [0.5, 0.6) is 46.0 Å². The quantitative estimate of drug-likeness (QED) is 0.0554. The van der Waals surface area contributed by atoms with E-state index in [2.05, 4.69) is 201 Å². The molecule has 0 heterocycles. The molecule has 480 valence electrons. The molecule has 0 amide bonds. The molecule has 0 fully saturated rings. The second-order valence-corrected chi connectivity index (χ2v) is 26.3. The fraction of sp³-hybridized carbons (Fsp3) is 0.273. The molecule has 0 aliphatic carbocycles. The van der Waals surface area contributed by atoms with Crippen molar-refractivity contribution < 1.29 is 37.9 Å². The van der Waals surface area contributed by atoms with E-state index in [4.69, 9.17) is 37.9 Å². The monoisotopic (exact) mass is 1260 g/mol. The second-order valence-electron chi connectivity index (χ2n) is 26.3. The summed E-state index contributed by atoms with van der Waals surface area (Å²) in [6, 6.07) is 56.1. The molecule has 0 spiro atoms. The molecule has 0 atom stereocenters. The highest BCUT2D eigenvalue weighted by Gasteiger charge is 2.29. The fourth-order valence-electron chi connectivity index (χ4n) is 16.3. The summed E-state index contributed by atoms with van der Waals surface area (Å²) in [4.78, 5) is 0. The number of hydrogen-bond donors (Lipinski definition) is 0. The summed E-state index contributed by atoms with van der Waals surface area (Å²) in [5, 5.41) is 35.8. The molecule has 0 aliphatic heterocycles. The Hall–Kier alpha value is -9.92. The van der Waals surface area contributed by atoms with Crippen LogP contribution in [0.1, 0.15) is 107 Å². The van der Waals surface area contributed by atoms with Crippen molar-refractivity contribution in [3.8, 4) is 46.0 Å². The second kappa shape index (κ2) is 24.1. The summed E-state index contributed by atoms with van der Waals surface area (Å²) in [6.07, 6.45) is 6.85. The van der Waals surface area contributed by atoms with Gasteiger partial charge in [0.25, 0.3) is 0 Å². The summed E-state index contributed by atoms with van der Waals surface area (Å²) in [5.74, 6) is 6.35. The number of benzene rings is 16. The maximum absolute atomic E-state index is 6.96. The van der Waals surface area contributed by atoms with Crippen molar-refractivity contribution in [3.05, 3.63) is 146 Å². The van der Waals surface area contributed by atoms with E-state index in [0.717, 1.165) is 270 Å². The van der Waals surface area contributed by atoms with E-state index < -0.39 is 0 Å². The standard InChI is InChI=1S/C88H80O8/c1-9-41-89-81-65-33-17-49-51-19-35-67-75-59(51)27-28-61-53(21-37-69(77(61)75)85(93-45-13-5)83(67)91-43-11-3)54-23-39-71-79-63(54)31-32-64-56(24-40-72(80(64)79)88(96-48-16-8)87(71)95-47-15-7)55-22-38-70-78-62(55)30-29-60-52(20-36-68(76(60)78)84(92-44-12-4)86(70)94-46-14-6)50-18-34-66(82(81)90-42-10-2)74-58(50)26-25-57(49)73(65)74/h17-40H,9-16,41-48H2,1-8H3. The van der Waals surface area contributed by atoms with E-state index >= 15 is 0 Å². The smallest absolute Gasteiger partial charge is 0.169 e. The molecule has 17 rings (SSSR count). The van der Waals surface area contributed by atoms with E-state index in [9.17, 15) is 0 Å². The summed E-state index contributed by atoms with van der Waals surface area (Å²) in [6.45, 7) is 21.8. The first kappa shape index (κ1) is 59.8. The van der Waals surface area contributed by atoms with Gasteiger partial charge in [-0.15, -0.1) is 0 Å². The lowest BCUT2D eigenvalue weighted by Crippen LogP contribution is -2.04. The molecule has 0 aliphatic rings. The van der Waals surface area contributed by atoms with Gasteiger partial charge in [-0.2, -0.15) is 0 Å². The lowest BCUT2D eigenvalue weighted by molar-refractivity contribution is 0.274. The number of hydrogen-bond acceptors (Lipinski definition) is 8. The minimum absolute atomic E-state index is 0.557.